The number of rotatable bonds is 8. The van der Waals surface area contributed by atoms with Gasteiger partial charge in [0.05, 0.1) is 17.8 Å². The van der Waals surface area contributed by atoms with Gasteiger partial charge in [-0.15, -0.1) is 5.10 Å². The molecular formula is C20H25N5O4. The van der Waals surface area contributed by atoms with Gasteiger partial charge in [0, 0.05) is 20.1 Å². The summed E-state index contributed by atoms with van der Waals surface area (Å²) in [6.07, 6.45) is 5.53. The maximum Gasteiger partial charge on any atom is 0.316 e. The molecule has 0 bridgehead atoms. The minimum Gasteiger partial charge on any atom is -0.484 e. The molecular weight excluding hydrogens is 374 g/mol. The standard InChI is InChI=1S/C20H25N5O4/c1-21-17-14(3-2-4-15(17)28-12-11-26)18-23-24-19(29-18)22-13-16(27)25-9-7-20(5-6-20)8-10-25/h2-4,11,21H,5-10,12-13H2,1H3,(H,22,24). The van der Waals surface area contributed by atoms with E-state index in [9.17, 15) is 9.59 Å². The van der Waals surface area contributed by atoms with Gasteiger partial charge in [-0.1, -0.05) is 11.2 Å². The van der Waals surface area contributed by atoms with E-state index in [4.69, 9.17) is 9.15 Å². The van der Waals surface area contributed by atoms with Crippen LogP contribution in [-0.2, 0) is 9.59 Å². The average Bonchev–Trinajstić information content (AvgIpc) is 3.33. The lowest BCUT2D eigenvalue weighted by atomic mass is 9.94. The Hall–Kier alpha value is -3.10. The van der Waals surface area contributed by atoms with Crippen molar-refractivity contribution >= 4 is 23.9 Å². The third-order valence-corrected chi connectivity index (χ3v) is 5.76. The monoisotopic (exact) mass is 399 g/mol. The van der Waals surface area contributed by atoms with Gasteiger partial charge >= 0.3 is 6.01 Å². The second-order valence-corrected chi connectivity index (χ2v) is 7.55. The molecule has 1 saturated carbocycles. The lowest BCUT2D eigenvalue weighted by Crippen LogP contribution is -2.41. The predicted molar refractivity (Wildman–Crippen MR) is 107 cm³/mol. The van der Waals surface area contributed by atoms with Gasteiger partial charge < -0.3 is 24.7 Å². The third-order valence-electron chi connectivity index (χ3n) is 5.76. The second kappa shape index (κ2) is 8.10. The molecule has 2 aromatic rings. The van der Waals surface area contributed by atoms with E-state index >= 15 is 0 Å². The second-order valence-electron chi connectivity index (χ2n) is 7.55. The number of hydrogen-bond donors (Lipinski definition) is 2. The summed E-state index contributed by atoms with van der Waals surface area (Å²) in [5.74, 6) is 0.841. The first-order valence-electron chi connectivity index (χ1n) is 9.87. The topological polar surface area (TPSA) is 110 Å². The lowest BCUT2D eigenvalue weighted by Gasteiger charge is -2.32. The molecule has 1 aliphatic heterocycles. The van der Waals surface area contributed by atoms with Gasteiger partial charge in [-0.05, 0) is 43.2 Å². The molecule has 2 fully saturated rings. The van der Waals surface area contributed by atoms with Crippen LogP contribution >= 0.6 is 0 Å². The summed E-state index contributed by atoms with van der Waals surface area (Å²) in [4.78, 5) is 24.9. The summed E-state index contributed by atoms with van der Waals surface area (Å²) in [6.45, 7) is 1.73. The molecule has 1 spiro atoms. The van der Waals surface area contributed by atoms with Crippen LogP contribution in [0, 0.1) is 5.41 Å². The van der Waals surface area contributed by atoms with Crippen molar-refractivity contribution in [3.8, 4) is 17.2 Å². The van der Waals surface area contributed by atoms with Gasteiger partial charge in [-0.3, -0.25) is 9.59 Å². The van der Waals surface area contributed by atoms with Crippen molar-refractivity contribution < 1.29 is 18.7 Å². The Kier molecular flexibility index (Phi) is 5.37. The molecule has 0 radical (unpaired) electrons. The van der Waals surface area contributed by atoms with Gasteiger partial charge in [-0.25, -0.2) is 0 Å². The molecule has 9 nitrogen and oxygen atoms in total. The minimum absolute atomic E-state index is 0.0421. The summed E-state index contributed by atoms with van der Waals surface area (Å²) < 4.78 is 11.1. The summed E-state index contributed by atoms with van der Waals surface area (Å²) in [5, 5.41) is 14.0. The van der Waals surface area contributed by atoms with Gasteiger partial charge in [0.25, 0.3) is 5.89 Å². The van der Waals surface area contributed by atoms with E-state index in [1.165, 1.54) is 12.8 Å². The van der Waals surface area contributed by atoms with E-state index in [0.29, 0.717) is 28.7 Å². The zero-order chi connectivity index (χ0) is 20.3. The van der Waals surface area contributed by atoms with Crippen molar-refractivity contribution in [3.63, 3.8) is 0 Å². The van der Waals surface area contributed by atoms with Crippen LogP contribution < -0.4 is 15.4 Å². The zero-order valence-corrected chi connectivity index (χ0v) is 16.4. The Morgan fingerprint density at radius 3 is 2.76 bits per heavy atom. The van der Waals surface area contributed by atoms with Crippen LogP contribution in [-0.4, -0.2) is 60.6 Å². The summed E-state index contributed by atoms with van der Waals surface area (Å²) in [6, 6.07) is 5.52. The van der Waals surface area contributed by atoms with Crippen molar-refractivity contribution in [3.05, 3.63) is 18.2 Å². The van der Waals surface area contributed by atoms with Crippen LogP contribution in [0.1, 0.15) is 25.7 Å². The van der Waals surface area contributed by atoms with Crippen molar-refractivity contribution in [2.75, 3.05) is 43.9 Å². The molecule has 0 atom stereocenters. The molecule has 1 aromatic heterocycles. The molecule has 1 aliphatic carbocycles. The number of likely N-dealkylation sites (tertiary alicyclic amines) is 1. The fraction of sp³-hybridized carbons (Fsp3) is 0.500. The number of anilines is 2. The molecule has 1 saturated heterocycles. The average molecular weight is 399 g/mol. The van der Waals surface area contributed by atoms with Crippen molar-refractivity contribution in [2.45, 2.75) is 25.7 Å². The predicted octanol–water partition coefficient (Wildman–Crippen LogP) is 2.17. The lowest BCUT2D eigenvalue weighted by molar-refractivity contribution is -0.130. The van der Waals surface area contributed by atoms with Crippen LogP contribution in [0.2, 0.25) is 0 Å². The van der Waals surface area contributed by atoms with Gasteiger partial charge in [0.2, 0.25) is 5.91 Å². The molecule has 2 aliphatic rings. The van der Waals surface area contributed by atoms with Crippen LogP contribution in [0.15, 0.2) is 22.6 Å². The maximum absolute atomic E-state index is 12.4. The van der Waals surface area contributed by atoms with E-state index in [1.54, 1.807) is 19.2 Å². The molecule has 1 aromatic carbocycles. The van der Waals surface area contributed by atoms with Gasteiger partial charge in [-0.2, -0.15) is 0 Å². The van der Waals surface area contributed by atoms with E-state index in [2.05, 4.69) is 20.8 Å². The molecule has 9 heteroatoms. The fourth-order valence-corrected chi connectivity index (χ4v) is 3.79. The number of nitrogens with one attached hydrogen (secondary N) is 2. The highest BCUT2D eigenvalue weighted by Gasteiger charge is 2.44. The molecule has 0 unspecified atom stereocenters. The number of piperidine rings is 1. The number of amides is 1. The number of carbonyl (C=O) groups excluding carboxylic acids is 2. The highest BCUT2D eigenvalue weighted by molar-refractivity contribution is 5.81. The molecule has 2 N–H and O–H groups in total. The molecule has 1 amide bonds. The van der Waals surface area contributed by atoms with Crippen LogP contribution in [0.5, 0.6) is 5.75 Å². The van der Waals surface area contributed by atoms with Crippen LogP contribution in [0.3, 0.4) is 0 Å². The van der Waals surface area contributed by atoms with Crippen LogP contribution in [0.25, 0.3) is 11.5 Å². The number of nitrogens with zero attached hydrogens (tertiary/aromatic N) is 3. The third kappa shape index (κ3) is 4.18. The Labute approximate surface area is 168 Å². The number of aldehydes is 1. The summed E-state index contributed by atoms with van der Waals surface area (Å²) in [5.41, 5.74) is 1.83. The molecule has 4 rings (SSSR count). The molecule has 2 heterocycles. The Morgan fingerprint density at radius 2 is 2.07 bits per heavy atom. The molecule has 29 heavy (non-hydrogen) atoms. The smallest absolute Gasteiger partial charge is 0.316 e. The largest absolute Gasteiger partial charge is 0.484 e. The summed E-state index contributed by atoms with van der Waals surface area (Å²) in [7, 11) is 1.74. The van der Waals surface area contributed by atoms with E-state index in [-0.39, 0.29) is 31.0 Å². The van der Waals surface area contributed by atoms with E-state index in [0.717, 1.165) is 25.9 Å². The number of carbonyl (C=O) groups is 2. The zero-order valence-electron chi connectivity index (χ0n) is 16.4. The SMILES string of the molecule is CNc1c(OCC=O)cccc1-c1nnc(NCC(=O)N2CCC3(CC2)CC3)o1. The number of ether oxygens (including phenoxy) is 1. The van der Waals surface area contributed by atoms with E-state index < -0.39 is 0 Å². The Morgan fingerprint density at radius 1 is 1.28 bits per heavy atom. The number of aromatic nitrogens is 2. The summed E-state index contributed by atoms with van der Waals surface area (Å²) >= 11 is 0. The van der Waals surface area contributed by atoms with Crippen molar-refractivity contribution in [2.24, 2.45) is 5.41 Å². The first-order chi connectivity index (χ1) is 14.1. The Bertz CT molecular complexity index is 883. The maximum atomic E-state index is 12.4. The van der Waals surface area contributed by atoms with E-state index in [1.807, 2.05) is 11.0 Å². The fourth-order valence-electron chi connectivity index (χ4n) is 3.79. The normalized spacial score (nSPS) is 17.1. The Balaban J connectivity index is 1.38. The highest BCUT2D eigenvalue weighted by atomic mass is 16.5. The molecule has 154 valence electrons. The van der Waals surface area contributed by atoms with Gasteiger partial charge in [0.15, 0.2) is 6.29 Å². The quantitative estimate of drug-likeness (QED) is 0.650. The highest BCUT2D eigenvalue weighted by Crippen LogP contribution is 2.53. The first-order valence-corrected chi connectivity index (χ1v) is 9.87. The van der Waals surface area contributed by atoms with Crippen LogP contribution in [0.4, 0.5) is 11.7 Å². The van der Waals surface area contributed by atoms with Gasteiger partial charge in [0.1, 0.15) is 12.4 Å². The first kappa shape index (κ1) is 19.2. The number of benzene rings is 1. The minimum atomic E-state index is -0.0471. The van der Waals surface area contributed by atoms with Crippen molar-refractivity contribution in [1.29, 1.82) is 0 Å². The number of para-hydroxylation sites is 1. The number of hydrogen-bond acceptors (Lipinski definition) is 8. The van der Waals surface area contributed by atoms with Crippen molar-refractivity contribution in [1.82, 2.24) is 15.1 Å².